The Bertz CT molecular complexity index is 1350. The summed E-state index contributed by atoms with van der Waals surface area (Å²) in [5.74, 6) is -0.454. The van der Waals surface area contributed by atoms with Gasteiger partial charge in [-0.3, -0.25) is 14.4 Å². The number of nitrogens with zero attached hydrogens (tertiary/aromatic N) is 3. The van der Waals surface area contributed by atoms with Crippen LogP contribution < -0.4 is 14.9 Å². The molecule has 4 rings (SSSR count). The van der Waals surface area contributed by atoms with Crippen molar-refractivity contribution in [3.63, 3.8) is 0 Å². The summed E-state index contributed by atoms with van der Waals surface area (Å²) in [4.78, 5) is 45.4. The van der Waals surface area contributed by atoms with Gasteiger partial charge in [-0.05, 0) is 54.5 Å². The molecule has 1 spiro atoms. The van der Waals surface area contributed by atoms with Crippen LogP contribution in [0.3, 0.4) is 0 Å². The van der Waals surface area contributed by atoms with Crippen molar-refractivity contribution < 1.29 is 22.8 Å². The lowest BCUT2D eigenvalue weighted by Crippen LogP contribution is -2.57. The van der Waals surface area contributed by atoms with E-state index in [0.29, 0.717) is 44.5 Å². The Kier molecular flexibility index (Phi) is 9.08. The standard InChI is InChI=1S/C30H41N5O5S/c1-29(2,3)24-13-11-23(12-14-24)27(37)33-19-15-30(16-20-33)28(38)34(22-35(30)25-9-6-5-7-10-25)21-26(36)31-17-8-18-32-41(4,39)40/h5-7,9-14,32H,8,15-22H2,1-4H3,(H,31,36). The second kappa shape index (κ2) is 12.2. The summed E-state index contributed by atoms with van der Waals surface area (Å²) in [6, 6.07) is 17.4. The van der Waals surface area contributed by atoms with Crippen molar-refractivity contribution in [1.29, 1.82) is 0 Å². The van der Waals surface area contributed by atoms with Crippen molar-refractivity contribution in [3.05, 3.63) is 65.7 Å². The van der Waals surface area contributed by atoms with Crippen LogP contribution in [0.1, 0.15) is 56.0 Å². The van der Waals surface area contributed by atoms with Crippen molar-refractivity contribution in [1.82, 2.24) is 19.8 Å². The lowest BCUT2D eigenvalue weighted by molar-refractivity contribution is -0.137. The molecule has 2 aliphatic heterocycles. The number of benzene rings is 2. The molecule has 2 fully saturated rings. The van der Waals surface area contributed by atoms with Gasteiger partial charge in [0.05, 0.1) is 12.9 Å². The lowest BCUT2D eigenvalue weighted by atomic mass is 9.84. The molecule has 0 aromatic heterocycles. The Balaban J connectivity index is 1.42. The van der Waals surface area contributed by atoms with Crippen LogP contribution >= 0.6 is 0 Å². The minimum absolute atomic E-state index is 0.00103. The predicted molar refractivity (Wildman–Crippen MR) is 159 cm³/mol. The van der Waals surface area contributed by atoms with E-state index in [2.05, 4.69) is 35.7 Å². The number of likely N-dealkylation sites (tertiary alicyclic amines) is 1. The van der Waals surface area contributed by atoms with E-state index in [4.69, 9.17) is 0 Å². The maximum absolute atomic E-state index is 13.9. The highest BCUT2D eigenvalue weighted by Gasteiger charge is 2.54. The van der Waals surface area contributed by atoms with Gasteiger partial charge in [0.2, 0.25) is 15.9 Å². The molecule has 0 bridgehead atoms. The normalized spacial score (nSPS) is 17.3. The fourth-order valence-corrected chi connectivity index (χ4v) is 6.02. The molecule has 0 radical (unpaired) electrons. The van der Waals surface area contributed by atoms with Crippen LogP contribution in [0.25, 0.3) is 0 Å². The molecule has 3 amide bonds. The Morgan fingerprint density at radius 2 is 1.59 bits per heavy atom. The number of carbonyl (C=O) groups is 3. The van der Waals surface area contributed by atoms with Crippen molar-refractivity contribution >= 4 is 33.4 Å². The van der Waals surface area contributed by atoms with E-state index in [1.54, 1.807) is 4.90 Å². The van der Waals surface area contributed by atoms with Crippen LogP contribution in [0, 0.1) is 0 Å². The summed E-state index contributed by atoms with van der Waals surface area (Å²) >= 11 is 0. The quantitative estimate of drug-likeness (QED) is 0.438. The molecule has 2 aromatic rings. The minimum Gasteiger partial charge on any atom is -0.355 e. The van der Waals surface area contributed by atoms with Gasteiger partial charge < -0.3 is 20.0 Å². The number of piperidine rings is 1. The summed E-state index contributed by atoms with van der Waals surface area (Å²) in [6.45, 7) is 7.98. The van der Waals surface area contributed by atoms with Gasteiger partial charge in [-0.2, -0.15) is 0 Å². The molecule has 0 saturated carbocycles. The number of para-hydroxylation sites is 1. The topological polar surface area (TPSA) is 119 Å². The third-order valence-corrected chi connectivity index (χ3v) is 8.56. The summed E-state index contributed by atoms with van der Waals surface area (Å²) in [5.41, 5.74) is 1.86. The summed E-state index contributed by atoms with van der Waals surface area (Å²) in [5, 5.41) is 2.78. The highest BCUT2D eigenvalue weighted by molar-refractivity contribution is 7.88. The smallest absolute Gasteiger partial charge is 0.253 e. The van der Waals surface area contributed by atoms with Gasteiger partial charge in [-0.15, -0.1) is 0 Å². The SMILES string of the molecule is CC(C)(C)c1ccc(C(=O)N2CCC3(CC2)C(=O)N(CC(=O)NCCCNS(C)(=O)=O)CN3c2ccccc2)cc1. The van der Waals surface area contributed by atoms with Crippen LogP contribution in [-0.4, -0.2) is 87.1 Å². The van der Waals surface area contributed by atoms with E-state index >= 15 is 0 Å². The highest BCUT2D eigenvalue weighted by atomic mass is 32.2. The zero-order valence-corrected chi connectivity index (χ0v) is 25.2. The molecule has 2 aliphatic rings. The first-order valence-electron chi connectivity index (χ1n) is 14.0. The van der Waals surface area contributed by atoms with Gasteiger partial charge in [-0.1, -0.05) is 51.1 Å². The third kappa shape index (κ3) is 7.26. The average Bonchev–Trinajstić information content (AvgIpc) is 3.18. The van der Waals surface area contributed by atoms with Gasteiger partial charge in [0, 0.05) is 37.4 Å². The molecule has 0 unspecified atom stereocenters. The summed E-state index contributed by atoms with van der Waals surface area (Å²) in [6.07, 6.45) is 2.45. The first-order chi connectivity index (χ1) is 19.3. The van der Waals surface area contributed by atoms with E-state index in [0.717, 1.165) is 17.5 Å². The van der Waals surface area contributed by atoms with Crippen LogP contribution in [0.15, 0.2) is 54.6 Å². The monoisotopic (exact) mass is 583 g/mol. The number of hydrogen-bond donors (Lipinski definition) is 2. The third-order valence-electron chi connectivity index (χ3n) is 7.83. The highest BCUT2D eigenvalue weighted by Crippen LogP contribution is 2.39. The van der Waals surface area contributed by atoms with Crippen LogP contribution in [0.5, 0.6) is 0 Å². The Hall–Kier alpha value is -3.44. The van der Waals surface area contributed by atoms with Gasteiger partial charge in [0.1, 0.15) is 12.1 Å². The maximum atomic E-state index is 13.9. The molecule has 2 saturated heterocycles. The molecule has 2 N–H and O–H groups in total. The Morgan fingerprint density at radius 1 is 0.951 bits per heavy atom. The fourth-order valence-electron chi connectivity index (χ4n) is 5.50. The number of carbonyl (C=O) groups excluding carboxylic acids is 3. The zero-order valence-electron chi connectivity index (χ0n) is 24.4. The number of hydrogen-bond acceptors (Lipinski definition) is 6. The molecular formula is C30H41N5O5S. The second-order valence-electron chi connectivity index (χ2n) is 11.9. The van der Waals surface area contributed by atoms with E-state index in [1.165, 1.54) is 0 Å². The maximum Gasteiger partial charge on any atom is 0.253 e. The van der Waals surface area contributed by atoms with Crippen molar-refractivity contribution in [3.8, 4) is 0 Å². The van der Waals surface area contributed by atoms with E-state index in [-0.39, 0.29) is 42.9 Å². The van der Waals surface area contributed by atoms with Gasteiger partial charge >= 0.3 is 0 Å². The van der Waals surface area contributed by atoms with Gasteiger partial charge in [-0.25, -0.2) is 13.1 Å². The molecule has 0 atom stereocenters. The van der Waals surface area contributed by atoms with Gasteiger partial charge in [0.15, 0.2) is 0 Å². The first kappa shape index (κ1) is 30.5. The Morgan fingerprint density at radius 3 is 2.17 bits per heavy atom. The number of amides is 3. The van der Waals surface area contributed by atoms with Crippen molar-refractivity contribution in [2.24, 2.45) is 0 Å². The van der Waals surface area contributed by atoms with Crippen LogP contribution in [-0.2, 0) is 25.0 Å². The Labute approximate surface area is 243 Å². The number of rotatable bonds is 9. The van der Waals surface area contributed by atoms with E-state index in [1.807, 2.05) is 59.5 Å². The molecule has 222 valence electrons. The molecule has 2 aromatic carbocycles. The lowest BCUT2D eigenvalue weighted by Gasteiger charge is -2.43. The molecule has 11 heteroatoms. The van der Waals surface area contributed by atoms with Gasteiger partial charge in [0.25, 0.3) is 11.8 Å². The van der Waals surface area contributed by atoms with Crippen molar-refractivity contribution in [2.45, 2.75) is 51.0 Å². The molecule has 0 aliphatic carbocycles. The minimum atomic E-state index is -3.28. The molecule has 10 nitrogen and oxygen atoms in total. The largest absolute Gasteiger partial charge is 0.355 e. The van der Waals surface area contributed by atoms with E-state index < -0.39 is 15.6 Å². The molecular weight excluding hydrogens is 542 g/mol. The van der Waals surface area contributed by atoms with Crippen LogP contribution in [0.4, 0.5) is 5.69 Å². The average molecular weight is 584 g/mol. The predicted octanol–water partition coefficient (Wildman–Crippen LogP) is 2.32. The number of sulfonamides is 1. The number of nitrogens with one attached hydrogen (secondary N) is 2. The molecule has 41 heavy (non-hydrogen) atoms. The summed E-state index contributed by atoms with van der Waals surface area (Å²) in [7, 11) is -3.28. The van der Waals surface area contributed by atoms with Crippen molar-refractivity contribution in [2.75, 3.05) is 50.5 Å². The summed E-state index contributed by atoms with van der Waals surface area (Å²) < 4.78 is 24.8. The molecule has 2 heterocycles. The number of anilines is 1. The first-order valence-corrected chi connectivity index (χ1v) is 15.9. The zero-order chi connectivity index (χ0) is 29.8. The second-order valence-corrected chi connectivity index (χ2v) is 13.8. The van der Waals surface area contributed by atoms with E-state index in [9.17, 15) is 22.8 Å². The van der Waals surface area contributed by atoms with Crippen LogP contribution in [0.2, 0.25) is 0 Å². The fraction of sp³-hybridized carbons (Fsp3) is 0.500.